The molecule has 1 aromatic carbocycles. The summed E-state index contributed by atoms with van der Waals surface area (Å²) in [5.74, 6) is 0. The van der Waals surface area contributed by atoms with E-state index in [1.54, 1.807) is 12.1 Å². The summed E-state index contributed by atoms with van der Waals surface area (Å²) in [6.45, 7) is 3.48. The summed E-state index contributed by atoms with van der Waals surface area (Å²) in [4.78, 5) is 2.14. The van der Waals surface area contributed by atoms with Crippen molar-refractivity contribution in [3.05, 3.63) is 28.8 Å². The molecule has 2 rings (SSSR count). The molecule has 1 saturated heterocycles. The number of aliphatic hydroxyl groups is 1. The van der Waals surface area contributed by atoms with Gasteiger partial charge in [-0.15, -0.1) is 0 Å². The second-order valence-corrected chi connectivity index (χ2v) is 5.55. The first-order valence-electron chi connectivity index (χ1n) is 6.19. The van der Waals surface area contributed by atoms with Gasteiger partial charge in [0.2, 0.25) is 0 Å². The van der Waals surface area contributed by atoms with Gasteiger partial charge in [0.1, 0.15) is 6.07 Å². The van der Waals surface area contributed by atoms with Crippen molar-refractivity contribution in [3.63, 3.8) is 0 Å². The van der Waals surface area contributed by atoms with Gasteiger partial charge in [-0.1, -0.05) is 11.6 Å². The molecule has 1 atom stereocenters. The molecule has 1 fully saturated rings. The van der Waals surface area contributed by atoms with Gasteiger partial charge in [0.15, 0.2) is 0 Å². The largest absolute Gasteiger partial charge is 0.390 e. The number of nitriles is 1. The molecule has 1 aliphatic rings. The van der Waals surface area contributed by atoms with Gasteiger partial charge in [-0.25, -0.2) is 0 Å². The Morgan fingerprint density at radius 2 is 2.17 bits per heavy atom. The molecule has 1 heterocycles. The summed E-state index contributed by atoms with van der Waals surface area (Å²) in [6.07, 6.45) is 2.43. The number of hydrogen-bond acceptors (Lipinski definition) is 3. The van der Waals surface area contributed by atoms with Gasteiger partial charge in [-0.2, -0.15) is 5.26 Å². The lowest BCUT2D eigenvalue weighted by Gasteiger charge is -2.25. The van der Waals surface area contributed by atoms with Crippen LogP contribution in [0.2, 0.25) is 5.02 Å². The fourth-order valence-electron chi connectivity index (χ4n) is 2.37. The monoisotopic (exact) mass is 264 g/mol. The molecule has 0 radical (unpaired) electrons. The van der Waals surface area contributed by atoms with Crippen LogP contribution in [0.25, 0.3) is 0 Å². The molecule has 0 saturated carbocycles. The highest BCUT2D eigenvalue weighted by Gasteiger charge is 2.25. The van der Waals surface area contributed by atoms with E-state index >= 15 is 0 Å². The van der Waals surface area contributed by atoms with Gasteiger partial charge in [-0.05, 0) is 44.4 Å². The van der Waals surface area contributed by atoms with Gasteiger partial charge in [0.25, 0.3) is 0 Å². The first-order valence-corrected chi connectivity index (χ1v) is 6.57. The Morgan fingerprint density at radius 1 is 1.39 bits per heavy atom. The van der Waals surface area contributed by atoms with E-state index in [2.05, 4.69) is 11.0 Å². The first-order chi connectivity index (χ1) is 8.52. The van der Waals surface area contributed by atoms with Crippen LogP contribution in [-0.2, 0) is 0 Å². The Morgan fingerprint density at radius 3 is 2.89 bits per heavy atom. The van der Waals surface area contributed by atoms with Crippen LogP contribution in [0.3, 0.4) is 0 Å². The SMILES string of the molecule is CC1(O)CCCN(c2cc(Cl)ccc2C#N)CC1. The van der Waals surface area contributed by atoms with Crippen LogP contribution in [0, 0.1) is 11.3 Å². The van der Waals surface area contributed by atoms with E-state index in [0.717, 1.165) is 31.6 Å². The van der Waals surface area contributed by atoms with Crippen molar-refractivity contribution in [3.8, 4) is 6.07 Å². The third-order valence-corrected chi connectivity index (χ3v) is 3.72. The Bertz CT molecular complexity index is 479. The van der Waals surface area contributed by atoms with Crippen LogP contribution in [0.4, 0.5) is 5.69 Å². The predicted molar refractivity (Wildman–Crippen MR) is 72.9 cm³/mol. The fourth-order valence-corrected chi connectivity index (χ4v) is 2.53. The number of hydrogen-bond donors (Lipinski definition) is 1. The predicted octanol–water partition coefficient (Wildman–Crippen LogP) is 2.95. The highest BCUT2D eigenvalue weighted by atomic mass is 35.5. The lowest BCUT2D eigenvalue weighted by molar-refractivity contribution is 0.0481. The second-order valence-electron chi connectivity index (χ2n) is 5.11. The topological polar surface area (TPSA) is 47.3 Å². The molecular formula is C14H17ClN2O. The van der Waals surface area contributed by atoms with Gasteiger partial charge < -0.3 is 10.0 Å². The number of nitrogens with zero attached hydrogens (tertiary/aromatic N) is 2. The molecule has 0 bridgehead atoms. The first kappa shape index (κ1) is 13.2. The molecule has 96 valence electrons. The van der Waals surface area contributed by atoms with E-state index in [9.17, 15) is 5.11 Å². The Balaban J connectivity index is 2.26. The van der Waals surface area contributed by atoms with Gasteiger partial charge >= 0.3 is 0 Å². The maximum atomic E-state index is 10.1. The van der Waals surface area contributed by atoms with Crippen LogP contribution in [0.1, 0.15) is 31.7 Å². The van der Waals surface area contributed by atoms with E-state index in [4.69, 9.17) is 16.9 Å². The Hall–Kier alpha value is -1.24. The van der Waals surface area contributed by atoms with E-state index in [1.165, 1.54) is 0 Å². The summed E-state index contributed by atoms with van der Waals surface area (Å²) >= 11 is 6.00. The summed E-state index contributed by atoms with van der Waals surface area (Å²) in [5.41, 5.74) is 0.920. The van der Waals surface area contributed by atoms with Gasteiger partial charge in [-0.3, -0.25) is 0 Å². The van der Waals surface area contributed by atoms with Crippen LogP contribution < -0.4 is 4.90 Å². The standard InChI is InChI=1S/C14H17ClN2O/c1-14(18)5-2-7-17(8-6-14)13-9-12(15)4-3-11(13)10-16/h3-4,9,18H,2,5-8H2,1H3. The molecule has 1 N–H and O–H groups in total. The maximum Gasteiger partial charge on any atom is 0.101 e. The number of rotatable bonds is 1. The van der Waals surface area contributed by atoms with Crippen molar-refractivity contribution in [2.45, 2.75) is 31.8 Å². The van der Waals surface area contributed by atoms with E-state index in [0.29, 0.717) is 17.0 Å². The minimum Gasteiger partial charge on any atom is -0.390 e. The summed E-state index contributed by atoms with van der Waals surface area (Å²) in [7, 11) is 0. The molecular weight excluding hydrogens is 248 g/mol. The van der Waals surface area contributed by atoms with Crippen LogP contribution in [0.5, 0.6) is 0 Å². The van der Waals surface area contributed by atoms with E-state index < -0.39 is 5.60 Å². The van der Waals surface area contributed by atoms with Crippen LogP contribution in [0.15, 0.2) is 18.2 Å². The summed E-state index contributed by atoms with van der Waals surface area (Å²) in [5, 5.41) is 19.9. The maximum absolute atomic E-state index is 10.1. The molecule has 1 unspecified atom stereocenters. The van der Waals surface area contributed by atoms with Crippen molar-refractivity contribution >= 4 is 17.3 Å². The third-order valence-electron chi connectivity index (χ3n) is 3.48. The van der Waals surface area contributed by atoms with Crippen LogP contribution >= 0.6 is 11.6 Å². The third kappa shape index (κ3) is 2.95. The second kappa shape index (κ2) is 5.17. The highest BCUT2D eigenvalue weighted by Crippen LogP contribution is 2.29. The molecule has 4 heteroatoms. The quantitative estimate of drug-likeness (QED) is 0.848. The summed E-state index contributed by atoms with van der Waals surface area (Å²) in [6, 6.07) is 7.52. The number of halogens is 1. The fraction of sp³-hybridized carbons (Fsp3) is 0.500. The molecule has 0 aliphatic carbocycles. The van der Waals surface area contributed by atoms with Gasteiger partial charge in [0, 0.05) is 18.1 Å². The smallest absolute Gasteiger partial charge is 0.101 e. The zero-order chi connectivity index (χ0) is 13.2. The zero-order valence-electron chi connectivity index (χ0n) is 10.5. The van der Waals surface area contributed by atoms with E-state index in [-0.39, 0.29) is 0 Å². The average Bonchev–Trinajstić information content (AvgIpc) is 2.50. The Labute approximate surface area is 113 Å². The molecule has 0 aromatic heterocycles. The van der Waals surface area contributed by atoms with Crippen molar-refractivity contribution < 1.29 is 5.11 Å². The normalized spacial score (nSPS) is 24.4. The number of anilines is 1. The molecule has 3 nitrogen and oxygen atoms in total. The van der Waals surface area contributed by atoms with Crippen molar-refractivity contribution in [1.29, 1.82) is 5.26 Å². The molecule has 0 spiro atoms. The van der Waals surface area contributed by atoms with Crippen molar-refractivity contribution in [2.75, 3.05) is 18.0 Å². The highest BCUT2D eigenvalue weighted by molar-refractivity contribution is 6.30. The minimum absolute atomic E-state index is 0.597. The average molecular weight is 265 g/mol. The zero-order valence-corrected chi connectivity index (χ0v) is 11.2. The minimum atomic E-state index is -0.597. The lowest BCUT2D eigenvalue weighted by atomic mass is 9.98. The number of benzene rings is 1. The lowest BCUT2D eigenvalue weighted by Crippen LogP contribution is -2.28. The van der Waals surface area contributed by atoms with E-state index in [1.807, 2.05) is 13.0 Å². The van der Waals surface area contributed by atoms with Crippen molar-refractivity contribution in [2.24, 2.45) is 0 Å². The Kier molecular flexibility index (Phi) is 3.79. The molecule has 1 aromatic rings. The van der Waals surface area contributed by atoms with Gasteiger partial charge in [0.05, 0.1) is 16.9 Å². The van der Waals surface area contributed by atoms with Crippen LogP contribution in [-0.4, -0.2) is 23.8 Å². The molecule has 1 aliphatic heterocycles. The molecule has 18 heavy (non-hydrogen) atoms. The summed E-state index contributed by atoms with van der Waals surface area (Å²) < 4.78 is 0. The van der Waals surface area contributed by atoms with Crippen molar-refractivity contribution in [1.82, 2.24) is 0 Å². The molecule has 0 amide bonds.